The molecule has 1 saturated heterocycles. The molecule has 19 heavy (non-hydrogen) atoms. The summed E-state index contributed by atoms with van der Waals surface area (Å²) >= 11 is 0. The number of nitrogens with zero attached hydrogens (tertiary/aromatic N) is 1. The molecule has 2 heteroatoms. The molecular formula is C17H32N2. The van der Waals surface area contributed by atoms with Gasteiger partial charge in [-0.2, -0.15) is 0 Å². The van der Waals surface area contributed by atoms with E-state index in [4.69, 9.17) is 0 Å². The van der Waals surface area contributed by atoms with Crippen LogP contribution in [0.2, 0.25) is 0 Å². The summed E-state index contributed by atoms with van der Waals surface area (Å²) in [6.07, 6.45) is 10.1. The molecule has 2 nitrogen and oxygen atoms in total. The largest absolute Gasteiger partial charge is 0.308 e. The third kappa shape index (κ3) is 3.00. The van der Waals surface area contributed by atoms with Crippen molar-refractivity contribution >= 4 is 0 Å². The van der Waals surface area contributed by atoms with Crippen molar-refractivity contribution in [1.82, 2.24) is 10.2 Å². The molecule has 4 unspecified atom stereocenters. The maximum absolute atomic E-state index is 3.86. The Labute approximate surface area is 119 Å². The number of piperazine rings is 1. The zero-order chi connectivity index (χ0) is 13.5. The second-order valence-electron chi connectivity index (χ2n) is 7.86. The van der Waals surface area contributed by atoms with E-state index in [0.717, 1.165) is 23.9 Å². The van der Waals surface area contributed by atoms with E-state index in [1.165, 1.54) is 58.0 Å². The van der Waals surface area contributed by atoms with Gasteiger partial charge in [0.25, 0.3) is 0 Å². The lowest BCUT2D eigenvalue weighted by atomic mass is 9.89. The summed E-state index contributed by atoms with van der Waals surface area (Å²) in [4.78, 5) is 2.87. The van der Waals surface area contributed by atoms with Crippen molar-refractivity contribution < 1.29 is 0 Å². The van der Waals surface area contributed by atoms with Gasteiger partial charge >= 0.3 is 0 Å². The van der Waals surface area contributed by atoms with Gasteiger partial charge in [0.05, 0.1) is 0 Å². The Hall–Kier alpha value is -0.0800. The van der Waals surface area contributed by atoms with Gasteiger partial charge in [-0.15, -0.1) is 0 Å². The van der Waals surface area contributed by atoms with Crippen molar-refractivity contribution in [1.29, 1.82) is 0 Å². The molecule has 3 rings (SSSR count). The van der Waals surface area contributed by atoms with Gasteiger partial charge in [0.15, 0.2) is 0 Å². The predicted molar refractivity (Wildman–Crippen MR) is 81.3 cm³/mol. The summed E-state index contributed by atoms with van der Waals surface area (Å²) in [5.74, 6) is 1.91. The summed E-state index contributed by atoms with van der Waals surface area (Å²) < 4.78 is 0. The van der Waals surface area contributed by atoms with Crippen LogP contribution < -0.4 is 5.32 Å². The lowest BCUT2D eigenvalue weighted by Crippen LogP contribution is -2.65. The Morgan fingerprint density at radius 2 is 1.79 bits per heavy atom. The molecule has 0 aromatic rings. The topological polar surface area (TPSA) is 15.3 Å². The van der Waals surface area contributed by atoms with Gasteiger partial charge in [-0.3, -0.25) is 4.90 Å². The summed E-state index contributed by atoms with van der Waals surface area (Å²) in [5, 5.41) is 3.86. The lowest BCUT2D eigenvalue weighted by molar-refractivity contribution is 0.0398. The second-order valence-corrected chi connectivity index (χ2v) is 7.86. The molecule has 4 atom stereocenters. The predicted octanol–water partition coefficient (Wildman–Crippen LogP) is 3.42. The van der Waals surface area contributed by atoms with Crippen LogP contribution in [0.1, 0.15) is 65.7 Å². The summed E-state index contributed by atoms with van der Waals surface area (Å²) in [5.41, 5.74) is 0.407. The molecule has 0 spiro atoms. The minimum Gasteiger partial charge on any atom is -0.308 e. The Balaban J connectivity index is 1.67. The first-order valence-electron chi connectivity index (χ1n) is 8.59. The molecule has 3 aliphatic rings. The molecule has 0 aromatic heterocycles. The molecule has 2 saturated carbocycles. The molecule has 3 fully saturated rings. The van der Waals surface area contributed by atoms with E-state index in [1.54, 1.807) is 0 Å². The zero-order valence-electron chi connectivity index (χ0n) is 13.1. The molecule has 2 aliphatic carbocycles. The van der Waals surface area contributed by atoms with Crippen LogP contribution in [0.4, 0.5) is 0 Å². The SMILES string of the molecule is CC1CCCC(N2CC(C)(C3CC3)NCC2C)CC1. The Kier molecular flexibility index (Phi) is 3.92. The normalized spacial score (nSPS) is 45.9. The highest BCUT2D eigenvalue weighted by atomic mass is 15.3. The van der Waals surface area contributed by atoms with Gasteiger partial charge < -0.3 is 5.32 Å². The fourth-order valence-corrected chi connectivity index (χ4v) is 4.37. The van der Waals surface area contributed by atoms with Gasteiger partial charge in [-0.1, -0.05) is 19.8 Å². The van der Waals surface area contributed by atoms with E-state index in [9.17, 15) is 0 Å². The molecule has 0 radical (unpaired) electrons. The summed E-state index contributed by atoms with van der Waals surface area (Å²) in [6.45, 7) is 9.82. The van der Waals surface area contributed by atoms with Crippen molar-refractivity contribution in [2.45, 2.75) is 83.3 Å². The van der Waals surface area contributed by atoms with Crippen molar-refractivity contribution in [3.05, 3.63) is 0 Å². The van der Waals surface area contributed by atoms with E-state index in [0.29, 0.717) is 5.54 Å². The lowest BCUT2D eigenvalue weighted by Gasteiger charge is -2.49. The Morgan fingerprint density at radius 1 is 1.00 bits per heavy atom. The molecule has 1 heterocycles. The van der Waals surface area contributed by atoms with Gasteiger partial charge in [0.1, 0.15) is 0 Å². The number of hydrogen-bond acceptors (Lipinski definition) is 2. The van der Waals surface area contributed by atoms with Crippen LogP contribution in [-0.2, 0) is 0 Å². The van der Waals surface area contributed by atoms with Crippen molar-refractivity contribution in [2.24, 2.45) is 11.8 Å². The Bertz CT molecular complexity index is 312. The van der Waals surface area contributed by atoms with E-state index in [-0.39, 0.29) is 0 Å². The average molecular weight is 264 g/mol. The Morgan fingerprint density at radius 3 is 2.53 bits per heavy atom. The molecule has 1 aliphatic heterocycles. The van der Waals surface area contributed by atoms with E-state index in [1.807, 2.05) is 0 Å². The van der Waals surface area contributed by atoms with E-state index >= 15 is 0 Å². The molecule has 0 amide bonds. The minimum absolute atomic E-state index is 0.407. The van der Waals surface area contributed by atoms with Crippen LogP contribution in [0.3, 0.4) is 0 Å². The van der Waals surface area contributed by atoms with Crippen LogP contribution in [0.15, 0.2) is 0 Å². The minimum atomic E-state index is 0.407. The monoisotopic (exact) mass is 264 g/mol. The maximum atomic E-state index is 3.86. The van der Waals surface area contributed by atoms with Gasteiger partial charge in [-0.05, 0) is 57.8 Å². The molecule has 0 aromatic carbocycles. The van der Waals surface area contributed by atoms with Crippen molar-refractivity contribution in [2.75, 3.05) is 13.1 Å². The van der Waals surface area contributed by atoms with Gasteiger partial charge in [0, 0.05) is 30.7 Å². The number of hydrogen-bond donors (Lipinski definition) is 1. The van der Waals surface area contributed by atoms with Crippen LogP contribution >= 0.6 is 0 Å². The first-order chi connectivity index (χ1) is 9.08. The zero-order valence-corrected chi connectivity index (χ0v) is 13.1. The quantitative estimate of drug-likeness (QED) is 0.769. The third-order valence-corrected chi connectivity index (χ3v) is 6.05. The highest BCUT2D eigenvalue weighted by Gasteiger charge is 2.46. The smallest absolute Gasteiger partial charge is 0.0309 e. The van der Waals surface area contributed by atoms with Crippen molar-refractivity contribution in [3.63, 3.8) is 0 Å². The van der Waals surface area contributed by atoms with Crippen LogP contribution in [0.25, 0.3) is 0 Å². The molecule has 0 bridgehead atoms. The standard InChI is InChI=1S/C17H32N2/c1-13-5-4-6-16(10-7-13)19-12-17(3,15-8-9-15)18-11-14(19)2/h13-16,18H,4-12H2,1-3H3. The summed E-state index contributed by atoms with van der Waals surface area (Å²) in [6, 6.07) is 1.59. The van der Waals surface area contributed by atoms with Crippen molar-refractivity contribution in [3.8, 4) is 0 Å². The second kappa shape index (κ2) is 5.37. The van der Waals surface area contributed by atoms with Crippen LogP contribution in [-0.4, -0.2) is 35.6 Å². The number of rotatable bonds is 2. The highest BCUT2D eigenvalue weighted by Crippen LogP contribution is 2.42. The van der Waals surface area contributed by atoms with Crippen LogP contribution in [0.5, 0.6) is 0 Å². The maximum Gasteiger partial charge on any atom is 0.0309 e. The molecule has 1 N–H and O–H groups in total. The van der Waals surface area contributed by atoms with Crippen LogP contribution in [0, 0.1) is 11.8 Å². The summed E-state index contributed by atoms with van der Waals surface area (Å²) in [7, 11) is 0. The fraction of sp³-hybridized carbons (Fsp3) is 1.00. The first kappa shape index (κ1) is 13.9. The highest BCUT2D eigenvalue weighted by molar-refractivity contribution is 5.04. The van der Waals surface area contributed by atoms with E-state index < -0.39 is 0 Å². The third-order valence-electron chi connectivity index (χ3n) is 6.05. The molecule has 110 valence electrons. The average Bonchev–Trinajstić information content (AvgIpc) is 3.20. The molecular weight excluding hydrogens is 232 g/mol. The fourth-order valence-electron chi connectivity index (χ4n) is 4.37. The first-order valence-corrected chi connectivity index (χ1v) is 8.59. The van der Waals surface area contributed by atoms with E-state index in [2.05, 4.69) is 31.0 Å². The van der Waals surface area contributed by atoms with Gasteiger partial charge in [0.2, 0.25) is 0 Å². The number of nitrogens with one attached hydrogen (secondary N) is 1. The van der Waals surface area contributed by atoms with Gasteiger partial charge in [-0.25, -0.2) is 0 Å².